The third-order valence-electron chi connectivity index (χ3n) is 3.39. The molecule has 0 unspecified atom stereocenters. The molecule has 0 bridgehead atoms. The summed E-state index contributed by atoms with van der Waals surface area (Å²) in [6.45, 7) is 4.51. The van der Waals surface area contributed by atoms with Crippen molar-refractivity contribution in [2.75, 3.05) is 6.54 Å². The molecule has 1 aromatic heterocycles. The van der Waals surface area contributed by atoms with Crippen molar-refractivity contribution in [3.8, 4) is 0 Å². The number of nitrogens with two attached hydrogens (primary N) is 1. The number of H-pyrrole nitrogens is 1. The van der Waals surface area contributed by atoms with Crippen molar-refractivity contribution in [1.82, 2.24) is 10.3 Å². The molecule has 0 saturated heterocycles. The van der Waals surface area contributed by atoms with Crippen LogP contribution in [0, 0.1) is 5.92 Å². The molecule has 4 heteroatoms. The number of carbonyl (C=O) groups is 1. The van der Waals surface area contributed by atoms with Gasteiger partial charge in [0.15, 0.2) is 0 Å². The van der Waals surface area contributed by atoms with Gasteiger partial charge in [-0.05, 0) is 24.0 Å². The van der Waals surface area contributed by atoms with E-state index in [-0.39, 0.29) is 11.8 Å². The fraction of sp³-hybridized carbons (Fsp3) is 0.400. The van der Waals surface area contributed by atoms with Gasteiger partial charge in [-0.15, -0.1) is 0 Å². The molecule has 4 N–H and O–H groups in total. The zero-order valence-electron chi connectivity index (χ0n) is 11.4. The van der Waals surface area contributed by atoms with Gasteiger partial charge in [-0.2, -0.15) is 0 Å². The van der Waals surface area contributed by atoms with E-state index in [4.69, 9.17) is 5.73 Å². The summed E-state index contributed by atoms with van der Waals surface area (Å²) in [5, 5.41) is 4.10. The molecule has 19 heavy (non-hydrogen) atoms. The van der Waals surface area contributed by atoms with Gasteiger partial charge < -0.3 is 16.0 Å². The van der Waals surface area contributed by atoms with Gasteiger partial charge in [-0.3, -0.25) is 4.79 Å². The van der Waals surface area contributed by atoms with E-state index in [1.165, 1.54) is 10.9 Å². The number of hydrogen-bond acceptors (Lipinski definition) is 2. The molecule has 0 aliphatic heterocycles. The van der Waals surface area contributed by atoms with E-state index in [0.717, 1.165) is 11.9 Å². The Labute approximate surface area is 113 Å². The molecule has 1 atom stereocenters. The van der Waals surface area contributed by atoms with E-state index in [9.17, 15) is 4.79 Å². The number of fused-ring (bicyclic) bond motifs is 1. The molecule has 1 heterocycles. The van der Waals surface area contributed by atoms with Gasteiger partial charge in [-0.1, -0.05) is 32.0 Å². The SMILES string of the molecule is CC(C)[C@H](N)C(=O)NCCc1c[nH]c2ccccc12. The molecule has 1 aromatic carbocycles. The second kappa shape index (κ2) is 5.89. The molecule has 0 saturated carbocycles. The Kier molecular flexibility index (Phi) is 4.22. The number of hydrogen-bond donors (Lipinski definition) is 3. The summed E-state index contributed by atoms with van der Waals surface area (Å²) in [4.78, 5) is 15.0. The minimum absolute atomic E-state index is 0.0742. The quantitative estimate of drug-likeness (QED) is 0.766. The molecule has 1 amide bonds. The van der Waals surface area contributed by atoms with Gasteiger partial charge in [0.2, 0.25) is 5.91 Å². The van der Waals surface area contributed by atoms with Crippen molar-refractivity contribution >= 4 is 16.8 Å². The van der Waals surface area contributed by atoms with Gasteiger partial charge in [0.1, 0.15) is 0 Å². The van der Waals surface area contributed by atoms with Crippen LogP contribution in [-0.4, -0.2) is 23.5 Å². The second-order valence-electron chi connectivity index (χ2n) is 5.17. The highest BCUT2D eigenvalue weighted by molar-refractivity contribution is 5.83. The van der Waals surface area contributed by atoms with Crippen LogP contribution in [0.2, 0.25) is 0 Å². The summed E-state index contributed by atoms with van der Waals surface area (Å²) in [7, 11) is 0. The highest BCUT2D eigenvalue weighted by atomic mass is 16.2. The number of benzene rings is 1. The fourth-order valence-corrected chi connectivity index (χ4v) is 2.08. The van der Waals surface area contributed by atoms with Gasteiger partial charge in [0.25, 0.3) is 0 Å². The number of aromatic amines is 1. The lowest BCUT2D eigenvalue weighted by Gasteiger charge is -2.15. The molecule has 0 fully saturated rings. The molecule has 2 aromatic rings. The lowest BCUT2D eigenvalue weighted by Crippen LogP contribution is -2.44. The Morgan fingerprint density at radius 2 is 2.11 bits per heavy atom. The summed E-state index contributed by atoms with van der Waals surface area (Å²) in [5.41, 5.74) is 8.14. The van der Waals surface area contributed by atoms with Crippen LogP contribution in [0.25, 0.3) is 10.9 Å². The van der Waals surface area contributed by atoms with Gasteiger partial charge in [0, 0.05) is 23.6 Å². The first-order valence-electron chi connectivity index (χ1n) is 6.68. The van der Waals surface area contributed by atoms with Crippen LogP contribution >= 0.6 is 0 Å². The normalized spacial score (nSPS) is 12.8. The number of rotatable bonds is 5. The van der Waals surface area contributed by atoms with E-state index in [1.807, 2.05) is 38.2 Å². The molecule has 0 aliphatic carbocycles. The maximum absolute atomic E-state index is 11.7. The highest BCUT2D eigenvalue weighted by Crippen LogP contribution is 2.17. The minimum atomic E-state index is -0.428. The van der Waals surface area contributed by atoms with Crippen LogP contribution in [0.3, 0.4) is 0 Å². The minimum Gasteiger partial charge on any atom is -0.361 e. The Balaban J connectivity index is 1.91. The Morgan fingerprint density at radius 3 is 2.84 bits per heavy atom. The fourth-order valence-electron chi connectivity index (χ4n) is 2.08. The first kappa shape index (κ1) is 13.6. The zero-order valence-corrected chi connectivity index (χ0v) is 11.4. The Hall–Kier alpha value is -1.81. The maximum Gasteiger partial charge on any atom is 0.237 e. The number of aromatic nitrogens is 1. The largest absolute Gasteiger partial charge is 0.361 e. The first-order valence-corrected chi connectivity index (χ1v) is 6.68. The van der Waals surface area contributed by atoms with Gasteiger partial charge in [0.05, 0.1) is 6.04 Å². The smallest absolute Gasteiger partial charge is 0.237 e. The van der Waals surface area contributed by atoms with E-state index >= 15 is 0 Å². The topological polar surface area (TPSA) is 70.9 Å². The Morgan fingerprint density at radius 1 is 1.37 bits per heavy atom. The summed E-state index contributed by atoms with van der Waals surface area (Å²) < 4.78 is 0. The van der Waals surface area contributed by atoms with Crippen LogP contribution in [-0.2, 0) is 11.2 Å². The number of nitrogens with one attached hydrogen (secondary N) is 2. The lowest BCUT2D eigenvalue weighted by molar-refractivity contribution is -0.123. The highest BCUT2D eigenvalue weighted by Gasteiger charge is 2.16. The third kappa shape index (κ3) is 3.15. The van der Waals surface area contributed by atoms with Crippen molar-refractivity contribution in [3.05, 3.63) is 36.0 Å². The molecule has 0 spiro atoms. The number of amides is 1. The van der Waals surface area contributed by atoms with E-state index in [1.54, 1.807) is 0 Å². The van der Waals surface area contributed by atoms with Crippen LogP contribution in [0.4, 0.5) is 0 Å². The average Bonchev–Trinajstić information content (AvgIpc) is 2.81. The van der Waals surface area contributed by atoms with Gasteiger partial charge >= 0.3 is 0 Å². The van der Waals surface area contributed by atoms with Crippen molar-refractivity contribution in [2.45, 2.75) is 26.3 Å². The van der Waals surface area contributed by atoms with E-state index in [0.29, 0.717) is 6.54 Å². The number of para-hydroxylation sites is 1. The van der Waals surface area contributed by atoms with Crippen LogP contribution in [0.1, 0.15) is 19.4 Å². The molecular weight excluding hydrogens is 238 g/mol. The average molecular weight is 259 g/mol. The summed E-state index contributed by atoms with van der Waals surface area (Å²) in [6, 6.07) is 7.73. The van der Waals surface area contributed by atoms with Crippen LogP contribution in [0.15, 0.2) is 30.5 Å². The van der Waals surface area contributed by atoms with Crippen molar-refractivity contribution < 1.29 is 4.79 Å². The predicted octanol–water partition coefficient (Wildman–Crippen LogP) is 1.81. The summed E-state index contributed by atoms with van der Waals surface area (Å²) >= 11 is 0. The summed E-state index contributed by atoms with van der Waals surface area (Å²) in [5.74, 6) is 0.0860. The molecule has 2 rings (SSSR count). The molecule has 102 valence electrons. The molecule has 0 radical (unpaired) electrons. The van der Waals surface area contributed by atoms with Crippen LogP contribution < -0.4 is 11.1 Å². The molecule has 0 aliphatic rings. The van der Waals surface area contributed by atoms with Crippen molar-refractivity contribution in [3.63, 3.8) is 0 Å². The van der Waals surface area contributed by atoms with Crippen molar-refractivity contribution in [1.29, 1.82) is 0 Å². The number of carbonyl (C=O) groups excluding carboxylic acids is 1. The molecular formula is C15H21N3O. The predicted molar refractivity (Wildman–Crippen MR) is 77.8 cm³/mol. The third-order valence-corrected chi connectivity index (χ3v) is 3.39. The second-order valence-corrected chi connectivity index (χ2v) is 5.17. The Bertz CT molecular complexity index is 559. The van der Waals surface area contributed by atoms with E-state index in [2.05, 4.69) is 16.4 Å². The standard InChI is InChI=1S/C15H21N3O/c1-10(2)14(16)15(19)17-8-7-11-9-18-13-6-4-3-5-12(11)13/h3-6,9-10,14,18H,7-8,16H2,1-2H3,(H,17,19)/t14-/m0/s1. The maximum atomic E-state index is 11.7. The first-order chi connectivity index (χ1) is 9.09. The van der Waals surface area contributed by atoms with Crippen LogP contribution in [0.5, 0.6) is 0 Å². The summed E-state index contributed by atoms with van der Waals surface area (Å²) in [6.07, 6.45) is 2.81. The van der Waals surface area contributed by atoms with Crippen molar-refractivity contribution in [2.24, 2.45) is 11.7 Å². The van der Waals surface area contributed by atoms with Gasteiger partial charge in [-0.25, -0.2) is 0 Å². The lowest BCUT2D eigenvalue weighted by atomic mass is 10.0. The monoisotopic (exact) mass is 259 g/mol. The molecule has 4 nitrogen and oxygen atoms in total. The zero-order chi connectivity index (χ0) is 13.8. The van der Waals surface area contributed by atoms with E-state index < -0.39 is 6.04 Å².